The van der Waals surface area contributed by atoms with Crippen molar-refractivity contribution in [3.05, 3.63) is 0 Å². The Morgan fingerprint density at radius 3 is 0.824 bits per heavy atom. The predicted octanol–water partition coefficient (Wildman–Crippen LogP) is 7.65. The molecule has 4 unspecified atom stereocenters. The van der Waals surface area contributed by atoms with Gasteiger partial charge in [-0.25, -0.2) is 0 Å². The Bertz CT molecular complexity index is 512. The summed E-state index contributed by atoms with van der Waals surface area (Å²) in [6.07, 6.45) is 31.4. The van der Waals surface area contributed by atoms with Crippen LogP contribution >= 0.6 is 0 Å². The second kappa shape index (κ2) is 13.4. The van der Waals surface area contributed by atoms with Crippen LogP contribution in [-0.4, -0.2) is 48.8 Å². The van der Waals surface area contributed by atoms with Gasteiger partial charge in [-0.2, -0.15) is 0 Å². The highest BCUT2D eigenvalue weighted by Crippen LogP contribution is 2.34. The lowest BCUT2D eigenvalue weighted by atomic mass is 9.90. The molecule has 0 aromatic heterocycles. The Labute approximate surface area is 209 Å². The molecule has 0 heterocycles. The zero-order chi connectivity index (χ0) is 23.0. The third-order valence-corrected chi connectivity index (χ3v) is 9.42. The van der Waals surface area contributed by atoms with Gasteiger partial charge >= 0.3 is 0 Å². The van der Waals surface area contributed by atoms with E-state index in [1.807, 2.05) is 0 Å². The van der Waals surface area contributed by atoms with E-state index < -0.39 is 0 Å². The number of hydrogen-bond acceptors (Lipinski definition) is 4. The maximum atomic E-state index is 6.64. The van der Waals surface area contributed by atoms with Crippen molar-refractivity contribution >= 4 is 0 Å². The molecular weight excluding hydrogens is 424 g/mol. The largest absolute Gasteiger partial charge is 0.375 e. The first-order valence-corrected chi connectivity index (χ1v) is 15.4. The summed E-state index contributed by atoms with van der Waals surface area (Å²) in [6.45, 7) is 0. The van der Waals surface area contributed by atoms with Crippen molar-refractivity contribution in [3.8, 4) is 0 Å². The summed E-state index contributed by atoms with van der Waals surface area (Å²) in [5.74, 6) is 0. The molecule has 4 nitrogen and oxygen atoms in total. The zero-order valence-corrected chi connectivity index (χ0v) is 21.8. The molecule has 0 aliphatic heterocycles. The van der Waals surface area contributed by atoms with Gasteiger partial charge in [-0.3, -0.25) is 0 Å². The normalized spacial score (nSPS) is 39.2. The van der Waals surface area contributed by atoms with Gasteiger partial charge in [0.1, 0.15) is 0 Å². The first-order chi connectivity index (χ1) is 16.8. The summed E-state index contributed by atoms with van der Waals surface area (Å²) >= 11 is 0. The first kappa shape index (κ1) is 25.5. The monoisotopic (exact) mass is 476 g/mol. The van der Waals surface area contributed by atoms with E-state index in [0.29, 0.717) is 48.8 Å². The summed E-state index contributed by atoms with van der Waals surface area (Å²) in [7, 11) is 0. The molecule has 196 valence electrons. The molecule has 4 heteroatoms. The number of ether oxygens (including phenoxy) is 4. The van der Waals surface area contributed by atoms with Crippen LogP contribution in [0, 0.1) is 0 Å². The molecule has 0 N–H and O–H groups in total. The number of hydrogen-bond donors (Lipinski definition) is 0. The summed E-state index contributed by atoms with van der Waals surface area (Å²) in [5, 5.41) is 0. The molecule has 0 spiro atoms. The van der Waals surface area contributed by atoms with Crippen LogP contribution in [0.15, 0.2) is 0 Å². The minimum atomic E-state index is 0.417. The van der Waals surface area contributed by atoms with Crippen molar-refractivity contribution < 1.29 is 18.9 Å². The van der Waals surface area contributed by atoms with E-state index >= 15 is 0 Å². The molecule has 5 saturated carbocycles. The van der Waals surface area contributed by atoms with Crippen molar-refractivity contribution in [3.63, 3.8) is 0 Å². The number of rotatable bonds is 8. The van der Waals surface area contributed by atoms with Crippen LogP contribution in [0.4, 0.5) is 0 Å². The minimum absolute atomic E-state index is 0.417. The molecule has 34 heavy (non-hydrogen) atoms. The smallest absolute Gasteiger partial charge is 0.0603 e. The summed E-state index contributed by atoms with van der Waals surface area (Å²) in [5.41, 5.74) is 0. The van der Waals surface area contributed by atoms with Gasteiger partial charge in [-0.1, -0.05) is 38.5 Å². The Morgan fingerprint density at radius 1 is 0.235 bits per heavy atom. The van der Waals surface area contributed by atoms with Crippen LogP contribution < -0.4 is 0 Å². The molecule has 0 amide bonds. The average Bonchev–Trinajstić information content (AvgIpc) is 2.87. The van der Waals surface area contributed by atoms with E-state index in [1.165, 1.54) is 128 Å². The van der Waals surface area contributed by atoms with Crippen LogP contribution in [0.5, 0.6) is 0 Å². The van der Waals surface area contributed by atoms with Crippen LogP contribution in [0.2, 0.25) is 0 Å². The summed E-state index contributed by atoms with van der Waals surface area (Å²) < 4.78 is 26.3. The van der Waals surface area contributed by atoms with E-state index in [0.717, 1.165) is 12.8 Å². The van der Waals surface area contributed by atoms with E-state index in [9.17, 15) is 0 Å². The van der Waals surface area contributed by atoms with E-state index in [2.05, 4.69) is 0 Å². The third-order valence-electron chi connectivity index (χ3n) is 9.42. The Hall–Kier alpha value is -0.160. The molecular formula is C30H52O4. The van der Waals surface area contributed by atoms with Gasteiger partial charge in [-0.05, 0) is 103 Å². The highest BCUT2D eigenvalue weighted by molar-refractivity contribution is 4.82. The van der Waals surface area contributed by atoms with Crippen molar-refractivity contribution in [2.75, 3.05) is 0 Å². The van der Waals surface area contributed by atoms with Crippen LogP contribution in [0.3, 0.4) is 0 Å². The van der Waals surface area contributed by atoms with Crippen molar-refractivity contribution in [1.29, 1.82) is 0 Å². The lowest BCUT2D eigenvalue weighted by molar-refractivity contribution is -0.128. The minimum Gasteiger partial charge on any atom is -0.375 e. The molecule has 5 aliphatic carbocycles. The first-order valence-electron chi connectivity index (χ1n) is 15.4. The Balaban J connectivity index is 0.980. The van der Waals surface area contributed by atoms with Crippen LogP contribution in [0.25, 0.3) is 0 Å². The standard InChI is InChI=1S/C30H52O4/c1-3-9-23(10-4-1)31-27-13-7-15-29(21-27)33-25-17-19-26(20-18-25)34-30-16-8-14-28(22-30)32-24-11-5-2-6-12-24/h23-30H,1-22H2. The fourth-order valence-corrected chi connectivity index (χ4v) is 7.49. The maximum absolute atomic E-state index is 6.64. The molecule has 4 atom stereocenters. The van der Waals surface area contributed by atoms with Gasteiger partial charge in [0.25, 0.3) is 0 Å². The fraction of sp³-hybridized carbons (Fsp3) is 1.00. The second-order valence-corrected chi connectivity index (χ2v) is 12.3. The quantitative estimate of drug-likeness (QED) is 0.360. The molecule has 5 fully saturated rings. The highest BCUT2D eigenvalue weighted by Gasteiger charge is 2.32. The van der Waals surface area contributed by atoms with E-state index in [-0.39, 0.29) is 0 Å². The SMILES string of the molecule is C1CCC(OC2CCCC(OC3CCC(OC4CCCC(OC5CCCCC5)C4)CC3)C2)CC1. The van der Waals surface area contributed by atoms with E-state index in [1.54, 1.807) is 0 Å². The second-order valence-electron chi connectivity index (χ2n) is 12.3. The molecule has 5 aliphatic rings. The Morgan fingerprint density at radius 2 is 0.500 bits per heavy atom. The summed E-state index contributed by atoms with van der Waals surface area (Å²) in [6, 6.07) is 0. The zero-order valence-electron chi connectivity index (χ0n) is 21.8. The molecule has 0 radical (unpaired) electrons. The van der Waals surface area contributed by atoms with Gasteiger partial charge in [0.05, 0.1) is 48.8 Å². The topological polar surface area (TPSA) is 36.9 Å². The van der Waals surface area contributed by atoms with Gasteiger partial charge in [-0.15, -0.1) is 0 Å². The molecule has 0 saturated heterocycles. The average molecular weight is 477 g/mol. The molecule has 5 rings (SSSR count). The van der Waals surface area contributed by atoms with Crippen molar-refractivity contribution in [2.45, 2.75) is 190 Å². The van der Waals surface area contributed by atoms with E-state index in [4.69, 9.17) is 18.9 Å². The van der Waals surface area contributed by atoms with Crippen LogP contribution in [0.1, 0.15) is 141 Å². The summed E-state index contributed by atoms with van der Waals surface area (Å²) in [4.78, 5) is 0. The third kappa shape index (κ3) is 7.92. The van der Waals surface area contributed by atoms with Gasteiger partial charge in [0, 0.05) is 0 Å². The molecule has 0 aromatic rings. The maximum Gasteiger partial charge on any atom is 0.0603 e. The fourth-order valence-electron chi connectivity index (χ4n) is 7.49. The molecule has 0 aromatic carbocycles. The van der Waals surface area contributed by atoms with Gasteiger partial charge in [0.15, 0.2) is 0 Å². The Kier molecular flexibility index (Phi) is 10.0. The van der Waals surface area contributed by atoms with Crippen molar-refractivity contribution in [2.24, 2.45) is 0 Å². The lowest BCUT2D eigenvalue weighted by Crippen LogP contribution is -2.37. The predicted molar refractivity (Wildman–Crippen MR) is 136 cm³/mol. The van der Waals surface area contributed by atoms with Crippen LogP contribution in [-0.2, 0) is 18.9 Å². The lowest BCUT2D eigenvalue weighted by Gasteiger charge is -2.38. The van der Waals surface area contributed by atoms with Crippen molar-refractivity contribution in [1.82, 2.24) is 0 Å². The molecule has 0 bridgehead atoms. The van der Waals surface area contributed by atoms with Gasteiger partial charge in [0.2, 0.25) is 0 Å². The van der Waals surface area contributed by atoms with Gasteiger partial charge < -0.3 is 18.9 Å². The highest BCUT2D eigenvalue weighted by atomic mass is 16.5.